The number of hydrogen-bond donors (Lipinski definition) is 1. The molecule has 1 unspecified atom stereocenters. The third-order valence-electron chi connectivity index (χ3n) is 2.35. The van der Waals surface area contributed by atoms with E-state index in [-0.39, 0.29) is 0 Å². The number of hydrogen-bond acceptors (Lipinski definition) is 2. The summed E-state index contributed by atoms with van der Waals surface area (Å²) >= 11 is 1.74. The van der Waals surface area contributed by atoms with Gasteiger partial charge >= 0.3 is 0 Å². The number of thioether (sulfide) groups is 1. The molecule has 78 valence electrons. The summed E-state index contributed by atoms with van der Waals surface area (Å²) in [4.78, 5) is 2.46. The molecule has 1 atom stereocenters. The van der Waals surface area contributed by atoms with Gasteiger partial charge in [-0.15, -0.1) is 0 Å². The topological polar surface area (TPSA) is 20.2 Å². The molecule has 15 heavy (non-hydrogen) atoms. The molecule has 1 aliphatic carbocycles. The molecule has 1 aromatic carbocycles. The van der Waals surface area contributed by atoms with Crippen LogP contribution in [0.25, 0.3) is 0 Å². The monoisotopic (exact) mass is 218 g/mol. The average Bonchev–Trinajstić information content (AvgIpc) is 2.25. The first-order valence-electron chi connectivity index (χ1n) is 5.09. The van der Waals surface area contributed by atoms with Crippen LogP contribution in [0.2, 0.25) is 0 Å². The van der Waals surface area contributed by atoms with Crippen LogP contribution in [0.5, 0.6) is 5.75 Å². The summed E-state index contributed by atoms with van der Waals surface area (Å²) in [5.74, 6) is 0.982. The van der Waals surface area contributed by atoms with Crippen molar-refractivity contribution in [2.45, 2.75) is 18.2 Å². The minimum Gasteiger partial charge on any atom is -0.508 e. The van der Waals surface area contributed by atoms with Gasteiger partial charge in [0, 0.05) is 9.80 Å². The summed E-state index contributed by atoms with van der Waals surface area (Å²) in [7, 11) is 0. The van der Waals surface area contributed by atoms with Crippen LogP contribution in [-0.2, 0) is 0 Å². The minimum atomic E-state index is 0.320. The van der Waals surface area contributed by atoms with Crippen molar-refractivity contribution in [2.75, 3.05) is 0 Å². The Labute approximate surface area is 94.5 Å². The van der Waals surface area contributed by atoms with Gasteiger partial charge in [0.2, 0.25) is 0 Å². The van der Waals surface area contributed by atoms with E-state index in [2.05, 4.69) is 25.2 Å². The van der Waals surface area contributed by atoms with Crippen molar-refractivity contribution in [2.24, 2.45) is 5.92 Å². The zero-order valence-electron chi connectivity index (χ0n) is 8.68. The molecular formula is C13H14OS. The zero-order chi connectivity index (χ0) is 10.7. The first-order chi connectivity index (χ1) is 7.24. The number of aromatic hydroxyl groups is 1. The lowest BCUT2D eigenvalue weighted by Gasteiger charge is -2.11. The Bertz CT molecular complexity index is 390. The number of benzene rings is 1. The predicted molar refractivity (Wildman–Crippen MR) is 65.0 cm³/mol. The van der Waals surface area contributed by atoms with Gasteiger partial charge in [-0.3, -0.25) is 0 Å². The number of phenolic OH excluding ortho intramolecular Hbond substituents is 1. The minimum absolute atomic E-state index is 0.320. The second-order valence-electron chi connectivity index (χ2n) is 3.77. The van der Waals surface area contributed by atoms with Crippen molar-refractivity contribution in [1.29, 1.82) is 0 Å². The highest BCUT2D eigenvalue weighted by molar-refractivity contribution is 8.03. The number of allylic oxidation sites excluding steroid dienone is 3. The number of rotatable bonds is 2. The fourth-order valence-electron chi connectivity index (χ4n) is 1.43. The SMILES string of the molecule is CC1C=CC(Sc2ccc(O)cc2)=CC1. The molecule has 0 radical (unpaired) electrons. The van der Waals surface area contributed by atoms with Gasteiger partial charge in [0.05, 0.1) is 0 Å². The third kappa shape index (κ3) is 2.90. The molecule has 1 aliphatic rings. The predicted octanol–water partition coefficient (Wildman–Crippen LogP) is 3.96. The molecule has 0 saturated heterocycles. The normalized spacial score (nSPS) is 20.1. The van der Waals surface area contributed by atoms with E-state index in [1.54, 1.807) is 23.9 Å². The second kappa shape index (κ2) is 4.58. The second-order valence-corrected chi connectivity index (χ2v) is 4.92. The van der Waals surface area contributed by atoms with Crippen molar-refractivity contribution in [3.63, 3.8) is 0 Å². The van der Waals surface area contributed by atoms with Gasteiger partial charge in [-0.2, -0.15) is 0 Å². The first kappa shape index (κ1) is 10.4. The van der Waals surface area contributed by atoms with Gasteiger partial charge in [0.1, 0.15) is 5.75 Å². The van der Waals surface area contributed by atoms with E-state index in [4.69, 9.17) is 5.11 Å². The van der Waals surface area contributed by atoms with Crippen molar-refractivity contribution in [1.82, 2.24) is 0 Å². The standard InChI is InChI=1S/C13H14OS/c1-10-2-6-12(7-3-10)15-13-8-4-11(14)5-9-13/h2,4-10,14H,3H2,1H3. The maximum absolute atomic E-state index is 9.16. The van der Waals surface area contributed by atoms with E-state index in [1.165, 1.54) is 9.80 Å². The van der Waals surface area contributed by atoms with Crippen LogP contribution < -0.4 is 0 Å². The number of phenols is 1. The van der Waals surface area contributed by atoms with E-state index >= 15 is 0 Å². The Kier molecular flexibility index (Phi) is 3.17. The Morgan fingerprint density at radius 2 is 2.00 bits per heavy atom. The molecule has 0 amide bonds. The molecule has 0 bridgehead atoms. The fraction of sp³-hybridized carbons (Fsp3) is 0.231. The van der Waals surface area contributed by atoms with Gasteiger partial charge in [-0.25, -0.2) is 0 Å². The lowest BCUT2D eigenvalue weighted by atomic mass is 10.0. The summed E-state index contributed by atoms with van der Waals surface area (Å²) in [6, 6.07) is 7.32. The quantitative estimate of drug-likeness (QED) is 0.810. The van der Waals surface area contributed by atoms with Gasteiger partial charge < -0.3 is 5.11 Å². The molecule has 0 saturated carbocycles. The Morgan fingerprint density at radius 3 is 2.60 bits per heavy atom. The van der Waals surface area contributed by atoms with Crippen molar-refractivity contribution in [3.05, 3.63) is 47.4 Å². The zero-order valence-corrected chi connectivity index (χ0v) is 9.50. The summed E-state index contributed by atoms with van der Waals surface area (Å²) in [6.45, 7) is 2.22. The van der Waals surface area contributed by atoms with Crippen LogP contribution in [0.15, 0.2) is 52.3 Å². The van der Waals surface area contributed by atoms with E-state index in [0.29, 0.717) is 11.7 Å². The highest BCUT2D eigenvalue weighted by atomic mass is 32.2. The Hall–Kier alpha value is -1.15. The van der Waals surface area contributed by atoms with Crippen LogP contribution in [0.3, 0.4) is 0 Å². The molecule has 0 spiro atoms. The van der Waals surface area contributed by atoms with Crippen LogP contribution in [-0.4, -0.2) is 5.11 Å². The molecule has 0 aliphatic heterocycles. The van der Waals surface area contributed by atoms with E-state index < -0.39 is 0 Å². The molecule has 1 nitrogen and oxygen atoms in total. The average molecular weight is 218 g/mol. The first-order valence-corrected chi connectivity index (χ1v) is 5.91. The maximum Gasteiger partial charge on any atom is 0.115 e. The molecule has 2 heteroatoms. The summed E-state index contributed by atoms with van der Waals surface area (Å²) < 4.78 is 0. The summed E-state index contributed by atoms with van der Waals surface area (Å²) in [6.07, 6.45) is 7.80. The fourth-order valence-corrected chi connectivity index (χ4v) is 2.30. The van der Waals surface area contributed by atoms with Crippen molar-refractivity contribution >= 4 is 11.8 Å². The van der Waals surface area contributed by atoms with Gasteiger partial charge in [-0.1, -0.05) is 36.9 Å². The highest BCUT2D eigenvalue weighted by Gasteiger charge is 2.04. The van der Waals surface area contributed by atoms with E-state index in [1.807, 2.05) is 12.1 Å². The van der Waals surface area contributed by atoms with Crippen molar-refractivity contribution < 1.29 is 5.11 Å². The third-order valence-corrected chi connectivity index (χ3v) is 3.40. The van der Waals surface area contributed by atoms with Crippen LogP contribution in [0.1, 0.15) is 13.3 Å². The lowest BCUT2D eigenvalue weighted by Crippen LogP contribution is -1.92. The smallest absolute Gasteiger partial charge is 0.115 e. The van der Waals surface area contributed by atoms with Crippen LogP contribution in [0.4, 0.5) is 0 Å². The van der Waals surface area contributed by atoms with Crippen LogP contribution >= 0.6 is 11.8 Å². The highest BCUT2D eigenvalue weighted by Crippen LogP contribution is 2.31. The Morgan fingerprint density at radius 1 is 1.27 bits per heavy atom. The molecule has 1 N–H and O–H groups in total. The van der Waals surface area contributed by atoms with Gasteiger partial charge in [0.15, 0.2) is 0 Å². The summed E-state index contributed by atoms with van der Waals surface area (Å²) in [5.41, 5.74) is 0. The molecule has 2 rings (SSSR count). The maximum atomic E-state index is 9.16. The van der Waals surface area contributed by atoms with Gasteiger partial charge in [0.25, 0.3) is 0 Å². The molecule has 0 fully saturated rings. The molecule has 0 aromatic heterocycles. The van der Waals surface area contributed by atoms with E-state index in [9.17, 15) is 0 Å². The van der Waals surface area contributed by atoms with Crippen molar-refractivity contribution in [3.8, 4) is 5.75 Å². The lowest BCUT2D eigenvalue weighted by molar-refractivity contribution is 0.475. The molecule has 1 aromatic rings. The largest absolute Gasteiger partial charge is 0.508 e. The summed E-state index contributed by atoms with van der Waals surface area (Å²) in [5, 5.41) is 9.16. The molecular weight excluding hydrogens is 204 g/mol. The van der Waals surface area contributed by atoms with E-state index in [0.717, 1.165) is 6.42 Å². The van der Waals surface area contributed by atoms with Gasteiger partial charge in [-0.05, 0) is 36.6 Å². The Balaban J connectivity index is 2.04. The molecule has 0 heterocycles. The van der Waals surface area contributed by atoms with Crippen LogP contribution in [0, 0.1) is 5.92 Å².